The molecule has 128 valence electrons. The highest BCUT2D eigenvalue weighted by Gasteiger charge is 2.16. The number of nitrogens with one attached hydrogen (secondary N) is 2. The van der Waals surface area contributed by atoms with E-state index < -0.39 is 16.6 Å². The van der Waals surface area contributed by atoms with Crippen molar-refractivity contribution in [2.45, 2.75) is 45.9 Å². The summed E-state index contributed by atoms with van der Waals surface area (Å²) in [6, 6.07) is 4.97. The molecule has 0 saturated heterocycles. The van der Waals surface area contributed by atoms with E-state index in [9.17, 15) is 14.9 Å². The van der Waals surface area contributed by atoms with E-state index in [2.05, 4.69) is 26.6 Å². The van der Waals surface area contributed by atoms with Crippen LogP contribution < -0.4 is 10.6 Å². The quantitative estimate of drug-likeness (QED) is 0.576. The van der Waals surface area contributed by atoms with Gasteiger partial charge >= 0.3 is 6.09 Å². The smallest absolute Gasteiger partial charge is 0.407 e. The fourth-order valence-corrected chi connectivity index (χ4v) is 2.11. The zero-order chi connectivity index (χ0) is 17.6. The molecule has 1 rings (SSSR count). The molecule has 1 aromatic carbocycles. The molecule has 0 fully saturated rings. The van der Waals surface area contributed by atoms with Crippen molar-refractivity contribution >= 4 is 27.7 Å². The minimum atomic E-state index is -0.531. The maximum absolute atomic E-state index is 11.6. The first kappa shape index (κ1) is 19.4. The maximum atomic E-state index is 11.6. The van der Waals surface area contributed by atoms with Crippen LogP contribution in [0.1, 0.15) is 33.3 Å². The Hall–Kier alpha value is -1.67. The van der Waals surface area contributed by atoms with Gasteiger partial charge in [0.25, 0.3) is 5.69 Å². The number of nitrogens with zero attached hydrogens (tertiary/aromatic N) is 1. The normalized spacial score (nSPS) is 12.6. The van der Waals surface area contributed by atoms with Gasteiger partial charge in [-0.2, -0.15) is 0 Å². The zero-order valence-corrected chi connectivity index (χ0v) is 15.3. The Labute approximate surface area is 144 Å². The van der Waals surface area contributed by atoms with Crippen molar-refractivity contribution in [2.75, 3.05) is 6.54 Å². The van der Waals surface area contributed by atoms with Gasteiger partial charge in [0.15, 0.2) is 0 Å². The van der Waals surface area contributed by atoms with Crippen LogP contribution in [0.3, 0.4) is 0 Å². The predicted octanol–water partition coefficient (Wildman–Crippen LogP) is 3.36. The first-order valence-electron chi connectivity index (χ1n) is 7.21. The lowest BCUT2D eigenvalue weighted by molar-refractivity contribution is -0.385. The third-order valence-electron chi connectivity index (χ3n) is 2.81. The van der Waals surface area contributed by atoms with Crippen molar-refractivity contribution in [1.29, 1.82) is 0 Å². The molecule has 0 radical (unpaired) electrons. The van der Waals surface area contributed by atoms with Crippen LogP contribution in [-0.2, 0) is 11.3 Å². The zero-order valence-electron chi connectivity index (χ0n) is 13.7. The summed E-state index contributed by atoms with van der Waals surface area (Å²) >= 11 is 3.15. The summed E-state index contributed by atoms with van der Waals surface area (Å²) in [6.45, 7) is 8.17. The van der Waals surface area contributed by atoms with Crippen LogP contribution in [0.4, 0.5) is 10.5 Å². The molecule has 0 aliphatic rings. The summed E-state index contributed by atoms with van der Waals surface area (Å²) in [5.74, 6) is 0. The van der Waals surface area contributed by atoms with Crippen LogP contribution in [0.2, 0.25) is 0 Å². The molecule has 0 aliphatic heterocycles. The van der Waals surface area contributed by atoms with E-state index in [1.807, 2.05) is 6.92 Å². The average molecular weight is 388 g/mol. The molecule has 0 heterocycles. The average Bonchev–Trinajstić information content (AvgIpc) is 2.42. The van der Waals surface area contributed by atoms with Gasteiger partial charge in [0.1, 0.15) is 5.60 Å². The molecular formula is C15H22BrN3O4. The van der Waals surface area contributed by atoms with E-state index in [-0.39, 0.29) is 11.7 Å². The van der Waals surface area contributed by atoms with E-state index in [4.69, 9.17) is 4.74 Å². The van der Waals surface area contributed by atoms with Crippen LogP contribution in [0.25, 0.3) is 0 Å². The molecule has 23 heavy (non-hydrogen) atoms. The molecule has 1 unspecified atom stereocenters. The molecule has 0 bridgehead atoms. The second kappa shape index (κ2) is 8.26. The largest absolute Gasteiger partial charge is 0.444 e. The lowest BCUT2D eigenvalue weighted by Gasteiger charge is -2.21. The van der Waals surface area contributed by atoms with E-state index in [1.165, 1.54) is 6.07 Å². The number of ether oxygens (including phenoxy) is 1. The number of alkyl carbamates (subject to hydrolysis) is 1. The van der Waals surface area contributed by atoms with Gasteiger partial charge in [-0.25, -0.2) is 4.79 Å². The summed E-state index contributed by atoms with van der Waals surface area (Å²) in [5.41, 5.74) is 0.296. The van der Waals surface area contributed by atoms with Gasteiger partial charge in [0.2, 0.25) is 0 Å². The molecule has 8 heteroatoms. The molecule has 0 aromatic heterocycles. The highest BCUT2D eigenvalue weighted by Crippen LogP contribution is 2.25. The minimum Gasteiger partial charge on any atom is -0.444 e. The summed E-state index contributed by atoms with van der Waals surface area (Å²) in [7, 11) is 0. The Morgan fingerprint density at radius 2 is 2.09 bits per heavy atom. The standard InChI is InChI=1S/C15H22BrN3O4/c1-10(8-18-14(20)23-15(2,3)4)17-9-11-5-6-12(16)13(7-11)19(21)22/h5-7,10,17H,8-9H2,1-4H3,(H,18,20). The number of amides is 1. The van der Waals surface area contributed by atoms with Crippen molar-refractivity contribution in [1.82, 2.24) is 10.6 Å². The van der Waals surface area contributed by atoms with Crippen LogP contribution >= 0.6 is 15.9 Å². The molecule has 2 N–H and O–H groups in total. The fourth-order valence-electron chi connectivity index (χ4n) is 1.72. The maximum Gasteiger partial charge on any atom is 0.407 e. The number of carbonyl (C=O) groups excluding carboxylic acids is 1. The second-order valence-corrected chi connectivity index (χ2v) is 7.06. The Morgan fingerprint density at radius 1 is 1.43 bits per heavy atom. The molecule has 7 nitrogen and oxygen atoms in total. The van der Waals surface area contributed by atoms with E-state index in [1.54, 1.807) is 32.9 Å². The predicted molar refractivity (Wildman–Crippen MR) is 91.3 cm³/mol. The number of nitro benzene ring substituents is 1. The van der Waals surface area contributed by atoms with Gasteiger partial charge in [-0.05, 0) is 55.3 Å². The van der Waals surface area contributed by atoms with Crippen molar-refractivity contribution in [3.63, 3.8) is 0 Å². The Bertz CT molecular complexity index is 572. The van der Waals surface area contributed by atoms with Crippen LogP contribution in [0.15, 0.2) is 22.7 Å². The highest BCUT2D eigenvalue weighted by atomic mass is 79.9. The van der Waals surface area contributed by atoms with Gasteiger partial charge in [-0.1, -0.05) is 6.07 Å². The summed E-state index contributed by atoms with van der Waals surface area (Å²) in [5, 5.41) is 16.8. The number of benzene rings is 1. The Morgan fingerprint density at radius 3 is 2.65 bits per heavy atom. The SMILES string of the molecule is CC(CNC(=O)OC(C)(C)C)NCc1ccc(Br)c([N+](=O)[O-])c1. The van der Waals surface area contributed by atoms with Gasteiger partial charge in [-0.3, -0.25) is 10.1 Å². The van der Waals surface area contributed by atoms with Gasteiger partial charge < -0.3 is 15.4 Å². The molecule has 1 amide bonds. The molecule has 0 saturated carbocycles. The van der Waals surface area contributed by atoms with Gasteiger partial charge in [-0.15, -0.1) is 0 Å². The topological polar surface area (TPSA) is 93.5 Å². The number of carbonyl (C=O) groups is 1. The summed E-state index contributed by atoms with van der Waals surface area (Å²) in [4.78, 5) is 22.0. The summed E-state index contributed by atoms with van der Waals surface area (Å²) in [6.07, 6.45) is -0.467. The van der Waals surface area contributed by atoms with Crippen LogP contribution in [0.5, 0.6) is 0 Å². The fraction of sp³-hybridized carbons (Fsp3) is 0.533. The van der Waals surface area contributed by atoms with Crippen LogP contribution in [0, 0.1) is 10.1 Å². The third kappa shape index (κ3) is 7.43. The monoisotopic (exact) mass is 387 g/mol. The molecule has 0 aliphatic carbocycles. The van der Waals surface area contributed by atoms with Gasteiger partial charge in [0.05, 0.1) is 9.40 Å². The highest BCUT2D eigenvalue weighted by molar-refractivity contribution is 9.10. The summed E-state index contributed by atoms with van der Waals surface area (Å²) < 4.78 is 5.60. The first-order chi connectivity index (χ1) is 10.6. The first-order valence-corrected chi connectivity index (χ1v) is 8.01. The van der Waals surface area contributed by atoms with E-state index >= 15 is 0 Å². The molecule has 1 atom stereocenters. The van der Waals surface area contributed by atoms with E-state index in [0.29, 0.717) is 17.6 Å². The number of rotatable bonds is 6. The molecule has 0 spiro atoms. The molecule has 1 aromatic rings. The van der Waals surface area contributed by atoms with Crippen molar-refractivity contribution in [2.24, 2.45) is 0 Å². The van der Waals surface area contributed by atoms with Gasteiger partial charge in [0, 0.05) is 25.2 Å². The molecular weight excluding hydrogens is 366 g/mol. The van der Waals surface area contributed by atoms with E-state index in [0.717, 1.165) is 5.56 Å². The lowest BCUT2D eigenvalue weighted by Crippen LogP contribution is -2.41. The van der Waals surface area contributed by atoms with Crippen molar-refractivity contribution in [3.05, 3.63) is 38.3 Å². The number of hydrogen-bond acceptors (Lipinski definition) is 5. The van der Waals surface area contributed by atoms with Crippen molar-refractivity contribution < 1.29 is 14.5 Å². The minimum absolute atomic E-state index is 0.00905. The van der Waals surface area contributed by atoms with Crippen molar-refractivity contribution in [3.8, 4) is 0 Å². The Balaban J connectivity index is 2.45. The van der Waals surface area contributed by atoms with Crippen LogP contribution in [-0.4, -0.2) is 29.2 Å². The number of nitro groups is 1. The number of hydrogen-bond donors (Lipinski definition) is 2. The Kier molecular flexibility index (Phi) is 6.96. The third-order valence-corrected chi connectivity index (χ3v) is 3.48. The lowest BCUT2D eigenvalue weighted by atomic mass is 10.2. The second-order valence-electron chi connectivity index (χ2n) is 6.21. The number of halogens is 1.